The van der Waals surface area contributed by atoms with Gasteiger partial charge in [-0.2, -0.15) is 0 Å². The Hall–Kier alpha value is -3.36. The maximum atomic E-state index is 13.9. The minimum atomic E-state index is -4.16. The molecule has 0 fully saturated rings. The summed E-state index contributed by atoms with van der Waals surface area (Å²) in [7, 11) is -4.16. The third kappa shape index (κ3) is 7.14. The minimum absolute atomic E-state index is 0.0247. The van der Waals surface area contributed by atoms with Gasteiger partial charge in [0.05, 0.1) is 15.6 Å². The number of carbonyl (C=O) groups is 2. The lowest BCUT2D eigenvalue weighted by atomic mass is 10.1. The number of aryl methyl sites for hydroxylation is 1. The van der Waals surface area contributed by atoms with Crippen LogP contribution in [0.3, 0.4) is 0 Å². The first kappa shape index (κ1) is 29.2. The van der Waals surface area contributed by atoms with Crippen LogP contribution < -0.4 is 9.62 Å². The van der Waals surface area contributed by atoms with Crippen LogP contribution in [-0.4, -0.2) is 43.3 Å². The molecular formula is C29H34ClN3O4S. The van der Waals surface area contributed by atoms with E-state index in [1.165, 1.54) is 17.0 Å². The zero-order valence-corrected chi connectivity index (χ0v) is 23.9. The van der Waals surface area contributed by atoms with Crippen LogP contribution in [-0.2, 0) is 26.2 Å². The summed E-state index contributed by atoms with van der Waals surface area (Å²) in [6.45, 7) is 8.73. The second kappa shape index (κ2) is 12.0. The zero-order chi connectivity index (χ0) is 28.1. The quantitative estimate of drug-likeness (QED) is 0.394. The molecule has 0 aliphatic rings. The van der Waals surface area contributed by atoms with E-state index in [-0.39, 0.29) is 28.1 Å². The number of nitrogens with zero attached hydrogens (tertiary/aromatic N) is 2. The lowest BCUT2D eigenvalue weighted by Gasteiger charge is -2.34. The molecule has 2 amide bonds. The zero-order valence-electron chi connectivity index (χ0n) is 22.3. The number of sulfonamides is 1. The van der Waals surface area contributed by atoms with E-state index >= 15 is 0 Å². The van der Waals surface area contributed by atoms with Crippen molar-refractivity contribution in [1.82, 2.24) is 10.2 Å². The van der Waals surface area contributed by atoms with Crippen LogP contribution in [0.4, 0.5) is 5.69 Å². The molecular weight excluding hydrogens is 522 g/mol. The molecule has 0 radical (unpaired) electrons. The Labute approximate surface area is 230 Å². The molecule has 0 aromatic heterocycles. The van der Waals surface area contributed by atoms with Crippen molar-refractivity contribution >= 4 is 39.1 Å². The van der Waals surface area contributed by atoms with Gasteiger partial charge in [-0.1, -0.05) is 66.2 Å². The van der Waals surface area contributed by atoms with Crippen molar-refractivity contribution in [1.29, 1.82) is 0 Å². The smallest absolute Gasteiger partial charge is 0.264 e. The first-order valence-corrected chi connectivity index (χ1v) is 14.1. The second-order valence-corrected chi connectivity index (χ2v) is 12.4. The van der Waals surface area contributed by atoms with E-state index in [1.807, 2.05) is 52.0 Å². The number of carbonyl (C=O) groups excluding carboxylic acids is 2. The van der Waals surface area contributed by atoms with Crippen molar-refractivity contribution in [3.8, 4) is 0 Å². The van der Waals surface area contributed by atoms with Gasteiger partial charge < -0.3 is 10.2 Å². The highest BCUT2D eigenvalue weighted by atomic mass is 35.5. The maximum absolute atomic E-state index is 13.9. The van der Waals surface area contributed by atoms with Gasteiger partial charge >= 0.3 is 0 Å². The first-order chi connectivity index (χ1) is 17.8. The van der Waals surface area contributed by atoms with E-state index in [9.17, 15) is 18.0 Å². The summed E-state index contributed by atoms with van der Waals surface area (Å²) in [4.78, 5) is 28.5. The standard InChI is InChI=1S/C29H34ClN3O4S/c1-21-13-9-10-14-23(21)19-32(22(2)28(35)31-29(3,4)5)27(34)20-33(26-18-12-11-17-25(26)30)38(36,37)24-15-7-6-8-16-24/h6-18,22H,19-20H2,1-5H3,(H,31,35)/t22-/m0/s1. The Balaban J connectivity index is 2.05. The van der Waals surface area contributed by atoms with Crippen molar-refractivity contribution < 1.29 is 18.0 Å². The van der Waals surface area contributed by atoms with Gasteiger partial charge in [-0.15, -0.1) is 0 Å². The number of halogens is 1. The van der Waals surface area contributed by atoms with Gasteiger partial charge in [-0.25, -0.2) is 8.42 Å². The van der Waals surface area contributed by atoms with E-state index in [0.717, 1.165) is 15.4 Å². The second-order valence-electron chi connectivity index (χ2n) is 10.1. The highest BCUT2D eigenvalue weighted by Crippen LogP contribution is 2.30. The van der Waals surface area contributed by atoms with Crippen molar-refractivity contribution in [2.75, 3.05) is 10.8 Å². The Morgan fingerprint density at radius 3 is 2.11 bits per heavy atom. The van der Waals surface area contributed by atoms with Crippen LogP contribution in [0, 0.1) is 6.92 Å². The van der Waals surface area contributed by atoms with Gasteiger partial charge in [-0.05, 0) is 70.0 Å². The first-order valence-electron chi connectivity index (χ1n) is 12.3. The molecule has 3 aromatic rings. The fourth-order valence-corrected chi connectivity index (χ4v) is 5.66. The van der Waals surface area contributed by atoms with Crippen LogP contribution in [0.1, 0.15) is 38.8 Å². The third-order valence-corrected chi connectivity index (χ3v) is 8.09. The molecule has 0 aliphatic carbocycles. The molecule has 202 valence electrons. The molecule has 3 rings (SSSR count). The molecule has 1 N–H and O–H groups in total. The van der Waals surface area contributed by atoms with E-state index in [1.54, 1.807) is 49.4 Å². The maximum Gasteiger partial charge on any atom is 0.264 e. The molecule has 0 saturated carbocycles. The van der Waals surface area contributed by atoms with E-state index in [4.69, 9.17) is 11.6 Å². The lowest BCUT2D eigenvalue weighted by molar-refractivity contribution is -0.140. The van der Waals surface area contributed by atoms with Gasteiger partial charge in [-0.3, -0.25) is 13.9 Å². The monoisotopic (exact) mass is 555 g/mol. The molecule has 38 heavy (non-hydrogen) atoms. The van der Waals surface area contributed by atoms with Gasteiger partial charge in [0.25, 0.3) is 10.0 Å². The van der Waals surface area contributed by atoms with Crippen molar-refractivity contribution in [3.05, 3.63) is 95.0 Å². The number of hydrogen-bond donors (Lipinski definition) is 1. The summed E-state index contributed by atoms with van der Waals surface area (Å²) in [6.07, 6.45) is 0. The van der Waals surface area contributed by atoms with Crippen molar-refractivity contribution in [3.63, 3.8) is 0 Å². The Bertz CT molecular complexity index is 1390. The largest absolute Gasteiger partial charge is 0.350 e. The predicted molar refractivity (Wildman–Crippen MR) is 152 cm³/mol. The molecule has 0 aliphatic heterocycles. The van der Waals surface area contributed by atoms with Crippen LogP contribution in [0.25, 0.3) is 0 Å². The Morgan fingerprint density at radius 1 is 0.921 bits per heavy atom. The van der Waals surface area contributed by atoms with Gasteiger partial charge in [0, 0.05) is 12.1 Å². The number of para-hydroxylation sites is 1. The molecule has 7 nitrogen and oxygen atoms in total. The molecule has 0 bridgehead atoms. The number of rotatable bonds is 9. The minimum Gasteiger partial charge on any atom is -0.350 e. The Kier molecular flexibility index (Phi) is 9.22. The molecule has 0 heterocycles. The van der Waals surface area contributed by atoms with Crippen LogP contribution in [0.5, 0.6) is 0 Å². The topological polar surface area (TPSA) is 86.8 Å². The van der Waals surface area contributed by atoms with Gasteiger partial charge in [0.2, 0.25) is 11.8 Å². The number of benzene rings is 3. The van der Waals surface area contributed by atoms with E-state index in [0.29, 0.717) is 0 Å². The normalized spacial score (nSPS) is 12.5. The summed E-state index contributed by atoms with van der Waals surface area (Å²) in [5.41, 5.74) is 1.47. The van der Waals surface area contributed by atoms with Gasteiger partial charge in [0.15, 0.2) is 0 Å². The van der Waals surface area contributed by atoms with E-state index in [2.05, 4.69) is 5.32 Å². The third-order valence-electron chi connectivity index (χ3n) is 6.00. The number of nitrogens with one attached hydrogen (secondary N) is 1. The van der Waals surface area contributed by atoms with Crippen LogP contribution in [0.2, 0.25) is 5.02 Å². The van der Waals surface area contributed by atoms with Crippen molar-refractivity contribution in [2.45, 2.75) is 57.6 Å². The summed E-state index contributed by atoms with van der Waals surface area (Å²) in [5, 5.41) is 3.10. The SMILES string of the molecule is Cc1ccccc1CN(C(=O)CN(c1ccccc1Cl)S(=O)(=O)c1ccccc1)[C@@H](C)C(=O)NC(C)(C)C. The fourth-order valence-electron chi connectivity index (χ4n) is 3.91. The average molecular weight is 556 g/mol. The number of amides is 2. The molecule has 0 saturated heterocycles. The predicted octanol–water partition coefficient (Wildman–Crippen LogP) is 5.18. The average Bonchev–Trinajstić information content (AvgIpc) is 2.86. The summed E-state index contributed by atoms with van der Waals surface area (Å²) in [5.74, 6) is -0.876. The van der Waals surface area contributed by atoms with E-state index < -0.39 is 34.1 Å². The molecule has 3 aromatic carbocycles. The lowest BCUT2D eigenvalue weighted by Crippen LogP contribution is -2.54. The molecule has 9 heteroatoms. The van der Waals surface area contributed by atoms with Crippen LogP contribution >= 0.6 is 11.6 Å². The van der Waals surface area contributed by atoms with Crippen molar-refractivity contribution in [2.24, 2.45) is 0 Å². The van der Waals surface area contributed by atoms with Crippen LogP contribution in [0.15, 0.2) is 83.8 Å². The number of anilines is 1. The summed E-state index contributed by atoms with van der Waals surface area (Å²) < 4.78 is 28.5. The van der Waals surface area contributed by atoms with Gasteiger partial charge in [0.1, 0.15) is 12.6 Å². The fraction of sp³-hybridized carbons (Fsp3) is 0.310. The molecule has 0 spiro atoms. The Morgan fingerprint density at radius 2 is 1.50 bits per heavy atom. The molecule has 1 atom stereocenters. The number of hydrogen-bond acceptors (Lipinski definition) is 4. The summed E-state index contributed by atoms with van der Waals surface area (Å²) >= 11 is 6.42. The highest BCUT2D eigenvalue weighted by molar-refractivity contribution is 7.92. The summed E-state index contributed by atoms with van der Waals surface area (Å²) in [6, 6.07) is 21.0. The molecule has 0 unspecified atom stereocenters. The highest BCUT2D eigenvalue weighted by Gasteiger charge is 2.34.